The van der Waals surface area contributed by atoms with E-state index in [4.69, 9.17) is 37.9 Å². The Kier molecular flexibility index (Phi) is 7.87. The molecule has 0 saturated heterocycles. The Hall–Kier alpha value is -4.26. The Bertz CT molecular complexity index is 1660. The van der Waals surface area contributed by atoms with Crippen molar-refractivity contribution in [2.75, 3.05) is 5.32 Å². The highest BCUT2D eigenvalue weighted by Gasteiger charge is 2.23. The number of carbonyl (C=O) groups excluding carboxylic acids is 2. The smallest absolute Gasteiger partial charge is 0.338 e. The van der Waals surface area contributed by atoms with Crippen molar-refractivity contribution >= 4 is 51.8 Å². The maximum Gasteiger partial charge on any atom is 0.338 e. The van der Waals surface area contributed by atoms with Crippen molar-refractivity contribution in [1.82, 2.24) is 9.97 Å². The highest BCUT2D eigenvalue weighted by molar-refractivity contribution is 6.35. The molecule has 1 amide bonds. The summed E-state index contributed by atoms with van der Waals surface area (Å²) in [7, 11) is 0. The maximum atomic E-state index is 13.1. The summed E-state index contributed by atoms with van der Waals surface area (Å²) in [6.07, 6.45) is -0.767. The van der Waals surface area contributed by atoms with Gasteiger partial charge in [0, 0.05) is 16.1 Å². The van der Waals surface area contributed by atoms with Crippen molar-refractivity contribution in [2.24, 2.45) is 0 Å². The molecule has 4 aromatic carbocycles. The van der Waals surface area contributed by atoms with Crippen LogP contribution in [0.4, 0.5) is 5.69 Å². The highest BCUT2D eigenvalue weighted by Crippen LogP contribution is 2.31. The van der Waals surface area contributed by atoms with Crippen molar-refractivity contribution < 1.29 is 14.3 Å². The highest BCUT2D eigenvalue weighted by atomic mass is 35.5. The number of esters is 1. The van der Waals surface area contributed by atoms with E-state index in [9.17, 15) is 9.59 Å². The summed E-state index contributed by atoms with van der Waals surface area (Å²) in [5.74, 6) is -1.15. The molecule has 0 aliphatic carbocycles. The summed E-state index contributed by atoms with van der Waals surface area (Å²) in [6.45, 7) is 1.75. The second-order valence-corrected chi connectivity index (χ2v) is 9.62. The molecule has 0 fully saturated rings. The first-order chi connectivity index (χ1) is 18.9. The number of hydrogen-bond acceptors (Lipinski definition) is 5. The topological polar surface area (TPSA) is 81.2 Å². The molecule has 8 heteroatoms. The summed E-state index contributed by atoms with van der Waals surface area (Å²) >= 11 is 12.2. The van der Waals surface area contributed by atoms with Crippen LogP contribution in [0.1, 0.15) is 23.7 Å². The van der Waals surface area contributed by atoms with E-state index < -0.39 is 18.0 Å². The summed E-state index contributed by atoms with van der Waals surface area (Å²) in [6, 6.07) is 29.3. The lowest BCUT2D eigenvalue weighted by molar-refractivity contribution is -0.124. The predicted molar refractivity (Wildman–Crippen MR) is 155 cm³/mol. The van der Waals surface area contributed by atoms with Crippen molar-refractivity contribution in [3.05, 3.63) is 113 Å². The molecule has 6 nitrogen and oxygen atoms in total. The van der Waals surface area contributed by atoms with Gasteiger partial charge in [0.25, 0.3) is 5.91 Å². The van der Waals surface area contributed by atoms with Crippen molar-refractivity contribution in [3.8, 4) is 22.5 Å². The van der Waals surface area contributed by atoms with Crippen LogP contribution in [0.2, 0.25) is 10.0 Å². The predicted octanol–water partition coefficient (Wildman–Crippen LogP) is 7.84. The lowest BCUT2D eigenvalue weighted by Crippen LogP contribution is -2.32. The Balaban J connectivity index is 1.44. The third-order valence-electron chi connectivity index (χ3n) is 6.09. The molecule has 0 aliphatic rings. The fourth-order valence-corrected chi connectivity index (χ4v) is 4.44. The van der Waals surface area contributed by atoms with E-state index in [1.165, 1.54) is 6.07 Å². The van der Waals surface area contributed by atoms with Gasteiger partial charge >= 0.3 is 5.97 Å². The monoisotopic (exact) mass is 555 g/mol. The number of anilines is 1. The van der Waals surface area contributed by atoms with Gasteiger partial charge in [0.2, 0.25) is 0 Å². The standard InChI is InChI=1S/C31H23Cl2N3O3/c1-2-27(30(37)36-25-18-22(32)14-15-23(25)33)39-31(38)21-13-16-24-26(17-21)35-29(20-11-7-4-8-12-20)28(34-24)19-9-5-3-6-10-19/h3-18,27H,2H2,1H3,(H,36,37). The summed E-state index contributed by atoms with van der Waals surface area (Å²) in [4.78, 5) is 35.7. The van der Waals surface area contributed by atoms with Crippen LogP contribution in [0.3, 0.4) is 0 Å². The largest absolute Gasteiger partial charge is 0.449 e. The van der Waals surface area contributed by atoms with Crippen molar-refractivity contribution in [1.29, 1.82) is 0 Å². The molecule has 0 spiro atoms. The first kappa shape index (κ1) is 26.4. The zero-order valence-electron chi connectivity index (χ0n) is 20.9. The Morgan fingerprint density at radius 1 is 0.795 bits per heavy atom. The fraction of sp³-hybridized carbons (Fsp3) is 0.0968. The number of nitrogens with zero attached hydrogens (tertiary/aromatic N) is 2. The summed E-state index contributed by atoms with van der Waals surface area (Å²) in [5.41, 5.74) is 5.04. The number of nitrogens with one attached hydrogen (secondary N) is 1. The van der Waals surface area contributed by atoms with Crippen molar-refractivity contribution in [2.45, 2.75) is 19.4 Å². The quantitative estimate of drug-likeness (QED) is 0.207. The molecule has 5 rings (SSSR count). The second-order valence-electron chi connectivity index (χ2n) is 8.77. The molecule has 1 unspecified atom stereocenters. The lowest BCUT2D eigenvalue weighted by atomic mass is 10.0. The normalized spacial score (nSPS) is 11.7. The van der Waals surface area contributed by atoms with E-state index in [1.807, 2.05) is 60.7 Å². The van der Waals surface area contributed by atoms with Crippen molar-refractivity contribution in [3.63, 3.8) is 0 Å². The molecule has 0 radical (unpaired) electrons. The van der Waals surface area contributed by atoms with Gasteiger partial charge < -0.3 is 10.1 Å². The minimum Gasteiger partial charge on any atom is -0.449 e. The average molecular weight is 556 g/mol. The van der Waals surface area contributed by atoms with E-state index >= 15 is 0 Å². The minimum atomic E-state index is -1.03. The van der Waals surface area contributed by atoms with Crippen LogP contribution in [-0.2, 0) is 9.53 Å². The number of amides is 1. The first-order valence-corrected chi connectivity index (χ1v) is 13.1. The molecule has 0 aliphatic heterocycles. The van der Waals surface area contributed by atoms with Crippen LogP contribution in [0.5, 0.6) is 0 Å². The molecule has 0 bridgehead atoms. The van der Waals surface area contributed by atoms with Gasteiger partial charge in [0.1, 0.15) is 0 Å². The molecular formula is C31H23Cl2N3O3. The van der Waals surface area contributed by atoms with E-state index in [0.29, 0.717) is 32.5 Å². The fourth-order valence-electron chi connectivity index (χ4n) is 4.10. The third kappa shape index (κ3) is 5.93. The number of halogens is 2. The zero-order chi connectivity index (χ0) is 27.4. The number of fused-ring (bicyclic) bond motifs is 1. The second kappa shape index (κ2) is 11.6. The number of carbonyl (C=O) groups is 2. The van der Waals surface area contributed by atoms with Crippen LogP contribution in [0.25, 0.3) is 33.5 Å². The zero-order valence-corrected chi connectivity index (χ0v) is 22.4. The average Bonchev–Trinajstić information content (AvgIpc) is 2.97. The number of benzene rings is 4. The molecule has 194 valence electrons. The SMILES string of the molecule is CCC(OC(=O)c1ccc2nc(-c3ccccc3)c(-c3ccccc3)nc2c1)C(=O)Nc1cc(Cl)ccc1Cl. The molecular weight excluding hydrogens is 533 g/mol. The maximum absolute atomic E-state index is 13.1. The molecule has 1 atom stereocenters. The molecule has 0 saturated carbocycles. The Morgan fingerprint density at radius 2 is 1.41 bits per heavy atom. The van der Waals surface area contributed by atoms with Crippen LogP contribution in [0.15, 0.2) is 97.1 Å². The van der Waals surface area contributed by atoms with Gasteiger partial charge in [-0.25, -0.2) is 14.8 Å². The molecule has 1 N–H and O–H groups in total. The van der Waals surface area contributed by atoms with Gasteiger partial charge in [-0.2, -0.15) is 0 Å². The number of ether oxygens (including phenoxy) is 1. The van der Waals surface area contributed by atoms with Crippen LogP contribution < -0.4 is 5.32 Å². The third-order valence-corrected chi connectivity index (χ3v) is 6.66. The number of aromatic nitrogens is 2. The molecule has 1 aromatic heterocycles. The van der Waals surface area contributed by atoms with Crippen LogP contribution >= 0.6 is 23.2 Å². The number of hydrogen-bond donors (Lipinski definition) is 1. The molecule has 5 aromatic rings. The Morgan fingerprint density at radius 3 is 2.03 bits per heavy atom. The van der Waals surface area contributed by atoms with Gasteiger partial charge in [-0.05, 0) is 42.8 Å². The minimum absolute atomic E-state index is 0.260. The van der Waals surface area contributed by atoms with E-state index in [1.54, 1.807) is 37.3 Å². The first-order valence-electron chi connectivity index (χ1n) is 12.3. The van der Waals surface area contributed by atoms with Gasteiger partial charge in [-0.3, -0.25) is 4.79 Å². The van der Waals surface area contributed by atoms with E-state index in [2.05, 4.69) is 5.32 Å². The van der Waals surface area contributed by atoms with Crippen LogP contribution in [0, 0.1) is 0 Å². The van der Waals surface area contributed by atoms with Gasteiger partial charge in [0.15, 0.2) is 6.10 Å². The summed E-state index contributed by atoms with van der Waals surface area (Å²) < 4.78 is 5.57. The van der Waals surface area contributed by atoms with E-state index in [0.717, 1.165) is 16.8 Å². The van der Waals surface area contributed by atoms with Gasteiger partial charge in [-0.15, -0.1) is 0 Å². The molecule has 1 heterocycles. The van der Waals surface area contributed by atoms with Gasteiger partial charge in [0.05, 0.1) is 38.7 Å². The number of rotatable bonds is 7. The summed E-state index contributed by atoms with van der Waals surface area (Å²) in [5, 5.41) is 3.42. The van der Waals surface area contributed by atoms with E-state index in [-0.39, 0.29) is 12.0 Å². The van der Waals surface area contributed by atoms with Crippen LogP contribution in [-0.4, -0.2) is 27.9 Å². The molecule has 39 heavy (non-hydrogen) atoms. The Labute approximate surface area is 235 Å². The van der Waals surface area contributed by atoms with Gasteiger partial charge in [-0.1, -0.05) is 90.8 Å². The lowest BCUT2D eigenvalue weighted by Gasteiger charge is -2.17.